The number of ether oxygens (including phenoxy) is 1. The van der Waals surface area contributed by atoms with Gasteiger partial charge in [-0.2, -0.15) is 0 Å². The molecule has 1 N–H and O–H groups in total. The van der Waals surface area contributed by atoms with Gasteiger partial charge in [-0.05, 0) is 52.7 Å². The normalized spacial score (nSPS) is 21.0. The van der Waals surface area contributed by atoms with Crippen LogP contribution < -0.4 is 5.32 Å². The Morgan fingerprint density at radius 1 is 1.60 bits per heavy atom. The molecular weight excluding hydrogens is 274 g/mol. The molecule has 1 aromatic heterocycles. The van der Waals surface area contributed by atoms with Gasteiger partial charge in [0.1, 0.15) is 0 Å². The summed E-state index contributed by atoms with van der Waals surface area (Å²) in [5.41, 5.74) is 0. The summed E-state index contributed by atoms with van der Waals surface area (Å²) in [5.74, 6) is 0.782. The molecule has 2 rings (SSSR count). The van der Waals surface area contributed by atoms with E-state index in [9.17, 15) is 0 Å². The fraction of sp³-hybridized carbons (Fsp3) is 0.636. The molecule has 2 heterocycles. The molecule has 0 saturated carbocycles. The fourth-order valence-electron chi connectivity index (χ4n) is 1.77. The molecule has 1 saturated heterocycles. The van der Waals surface area contributed by atoms with Crippen molar-refractivity contribution in [2.75, 3.05) is 19.8 Å². The van der Waals surface area contributed by atoms with Crippen molar-refractivity contribution >= 4 is 27.3 Å². The Bertz CT molecular complexity index is 297. The van der Waals surface area contributed by atoms with E-state index in [1.807, 2.05) is 0 Å². The molecule has 15 heavy (non-hydrogen) atoms. The number of hydrogen-bond donors (Lipinski definition) is 1. The predicted octanol–water partition coefficient (Wildman–Crippen LogP) is 3.03. The van der Waals surface area contributed by atoms with E-state index in [0.717, 1.165) is 32.2 Å². The topological polar surface area (TPSA) is 21.3 Å². The van der Waals surface area contributed by atoms with Crippen LogP contribution in [0.1, 0.15) is 17.7 Å². The third-order valence-electron chi connectivity index (χ3n) is 2.73. The first-order chi connectivity index (χ1) is 7.36. The Morgan fingerprint density at radius 2 is 2.53 bits per heavy atom. The molecule has 2 nitrogen and oxygen atoms in total. The van der Waals surface area contributed by atoms with Crippen LogP contribution in [0.4, 0.5) is 0 Å². The molecule has 0 aliphatic carbocycles. The molecular formula is C11H16BrNOS. The quantitative estimate of drug-likeness (QED) is 0.842. The highest BCUT2D eigenvalue weighted by atomic mass is 79.9. The van der Waals surface area contributed by atoms with Gasteiger partial charge >= 0.3 is 0 Å². The lowest BCUT2D eigenvalue weighted by Crippen LogP contribution is -2.17. The summed E-state index contributed by atoms with van der Waals surface area (Å²) in [6.45, 7) is 4.00. The maximum atomic E-state index is 5.35. The van der Waals surface area contributed by atoms with Crippen LogP contribution in [0.15, 0.2) is 15.9 Å². The SMILES string of the molecule is Brc1ccsc1CNCCC1CCOC1. The summed E-state index contributed by atoms with van der Waals surface area (Å²) in [6.07, 6.45) is 2.48. The molecule has 1 fully saturated rings. The Morgan fingerprint density at radius 3 is 3.20 bits per heavy atom. The molecule has 1 aromatic rings. The molecule has 0 aromatic carbocycles. The van der Waals surface area contributed by atoms with Crippen molar-refractivity contribution in [2.24, 2.45) is 5.92 Å². The van der Waals surface area contributed by atoms with Gasteiger partial charge in [-0.15, -0.1) is 11.3 Å². The largest absolute Gasteiger partial charge is 0.381 e. The minimum absolute atomic E-state index is 0.782. The lowest BCUT2D eigenvalue weighted by Gasteiger charge is -2.07. The number of nitrogens with one attached hydrogen (secondary N) is 1. The smallest absolute Gasteiger partial charge is 0.0495 e. The van der Waals surface area contributed by atoms with E-state index >= 15 is 0 Å². The molecule has 84 valence electrons. The minimum Gasteiger partial charge on any atom is -0.381 e. The molecule has 0 spiro atoms. The Labute approximate surface area is 103 Å². The predicted molar refractivity (Wildman–Crippen MR) is 67.3 cm³/mol. The third-order valence-corrected chi connectivity index (χ3v) is 4.66. The zero-order chi connectivity index (χ0) is 10.5. The van der Waals surface area contributed by atoms with Crippen molar-refractivity contribution in [1.82, 2.24) is 5.32 Å². The summed E-state index contributed by atoms with van der Waals surface area (Å²) >= 11 is 5.33. The summed E-state index contributed by atoms with van der Waals surface area (Å²) in [6, 6.07) is 2.10. The van der Waals surface area contributed by atoms with Crippen LogP contribution in [-0.2, 0) is 11.3 Å². The molecule has 1 aliphatic rings. The number of hydrogen-bond acceptors (Lipinski definition) is 3. The van der Waals surface area contributed by atoms with Gasteiger partial charge < -0.3 is 10.1 Å². The molecule has 4 heteroatoms. The average Bonchev–Trinajstić information content (AvgIpc) is 2.85. The summed E-state index contributed by atoms with van der Waals surface area (Å²) in [5, 5.41) is 5.60. The second kappa shape index (κ2) is 5.99. The first-order valence-corrected chi connectivity index (χ1v) is 7.04. The maximum Gasteiger partial charge on any atom is 0.0495 e. The second-order valence-corrected chi connectivity index (χ2v) is 5.74. The van der Waals surface area contributed by atoms with E-state index in [0.29, 0.717) is 0 Å². The summed E-state index contributed by atoms with van der Waals surface area (Å²) in [7, 11) is 0. The third kappa shape index (κ3) is 3.55. The van der Waals surface area contributed by atoms with Crippen molar-refractivity contribution in [3.8, 4) is 0 Å². The van der Waals surface area contributed by atoms with Crippen molar-refractivity contribution < 1.29 is 4.74 Å². The second-order valence-electron chi connectivity index (χ2n) is 3.89. The van der Waals surface area contributed by atoms with Gasteiger partial charge in [0.2, 0.25) is 0 Å². The zero-order valence-corrected chi connectivity index (χ0v) is 11.1. The van der Waals surface area contributed by atoms with E-state index in [1.54, 1.807) is 11.3 Å². The summed E-state index contributed by atoms with van der Waals surface area (Å²) < 4.78 is 6.57. The van der Waals surface area contributed by atoms with Gasteiger partial charge in [0.05, 0.1) is 0 Å². The Balaban J connectivity index is 1.60. The van der Waals surface area contributed by atoms with Crippen LogP contribution in [0.25, 0.3) is 0 Å². The fourth-order valence-corrected chi connectivity index (χ4v) is 3.23. The van der Waals surface area contributed by atoms with Gasteiger partial charge in [-0.1, -0.05) is 0 Å². The summed E-state index contributed by atoms with van der Waals surface area (Å²) in [4.78, 5) is 1.39. The standard InChI is InChI=1S/C11H16BrNOS/c12-10-3-6-15-11(10)7-13-4-1-9-2-5-14-8-9/h3,6,9,13H,1-2,4-5,7-8H2. The lowest BCUT2D eigenvalue weighted by molar-refractivity contribution is 0.184. The van der Waals surface area contributed by atoms with Crippen LogP contribution in [0.2, 0.25) is 0 Å². The Kier molecular flexibility index (Phi) is 4.62. The molecule has 0 amide bonds. The Hall–Kier alpha value is 0.1000. The molecule has 1 aliphatic heterocycles. The first kappa shape index (κ1) is 11.6. The number of halogens is 1. The average molecular weight is 290 g/mol. The molecule has 0 bridgehead atoms. The number of thiophene rings is 1. The van der Waals surface area contributed by atoms with Crippen LogP contribution in [-0.4, -0.2) is 19.8 Å². The minimum atomic E-state index is 0.782. The van der Waals surface area contributed by atoms with Crippen molar-refractivity contribution in [2.45, 2.75) is 19.4 Å². The van der Waals surface area contributed by atoms with E-state index in [2.05, 4.69) is 32.7 Å². The van der Waals surface area contributed by atoms with E-state index in [4.69, 9.17) is 4.74 Å². The van der Waals surface area contributed by atoms with Gasteiger partial charge in [0.15, 0.2) is 0 Å². The molecule has 1 atom stereocenters. The van der Waals surface area contributed by atoms with E-state index < -0.39 is 0 Å². The maximum absolute atomic E-state index is 5.35. The highest BCUT2D eigenvalue weighted by Crippen LogP contribution is 2.22. The van der Waals surface area contributed by atoms with Crippen molar-refractivity contribution in [3.63, 3.8) is 0 Å². The lowest BCUT2D eigenvalue weighted by atomic mass is 10.1. The van der Waals surface area contributed by atoms with Crippen LogP contribution >= 0.6 is 27.3 Å². The van der Waals surface area contributed by atoms with E-state index in [1.165, 1.54) is 22.2 Å². The van der Waals surface area contributed by atoms with Crippen molar-refractivity contribution in [1.29, 1.82) is 0 Å². The number of rotatable bonds is 5. The highest BCUT2D eigenvalue weighted by Gasteiger charge is 2.14. The molecule has 1 unspecified atom stereocenters. The monoisotopic (exact) mass is 289 g/mol. The van der Waals surface area contributed by atoms with Crippen LogP contribution in [0.5, 0.6) is 0 Å². The van der Waals surface area contributed by atoms with Gasteiger partial charge in [0.25, 0.3) is 0 Å². The highest BCUT2D eigenvalue weighted by molar-refractivity contribution is 9.10. The van der Waals surface area contributed by atoms with Crippen molar-refractivity contribution in [3.05, 3.63) is 20.8 Å². The van der Waals surface area contributed by atoms with Crippen LogP contribution in [0, 0.1) is 5.92 Å². The zero-order valence-electron chi connectivity index (χ0n) is 8.67. The van der Waals surface area contributed by atoms with Gasteiger partial charge in [-0.3, -0.25) is 0 Å². The molecule has 0 radical (unpaired) electrons. The van der Waals surface area contributed by atoms with E-state index in [-0.39, 0.29) is 0 Å². The van der Waals surface area contributed by atoms with Gasteiger partial charge in [-0.25, -0.2) is 0 Å². The van der Waals surface area contributed by atoms with Gasteiger partial charge in [0, 0.05) is 29.1 Å². The first-order valence-electron chi connectivity index (χ1n) is 5.36. The van der Waals surface area contributed by atoms with Crippen LogP contribution in [0.3, 0.4) is 0 Å².